The summed E-state index contributed by atoms with van der Waals surface area (Å²) >= 11 is 0. The molecule has 0 fully saturated rings. The van der Waals surface area contributed by atoms with Gasteiger partial charge in [-0.25, -0.2) is 0 Å². The molecule has 3 rings (SSSR count). The Hall–Kier alpha value is -3.19. The summed E-state index contributed by atoms with van der Waals surface area (Å²) in [7, 11) is 0. The van der Waals surface area contributed by atoms with E-state index in [1.54, 1.807) is 12.1 Å². The van der Waals surface area contributed by atoms with Crippen molar-refractivity contribution in [2.24, 2.45) is 0 Å². The van der Waals surface area contributed by atoms with Gasteiger partial charge < -0.3 is 4.90 Å². The van der Waals surface area contributed by atoms with Crippen molar-refractivity contribution >= 4 is 17.1 Å². The standard InChI is InChI=1S/C22H16F3N/c1-3-17-6-12-20(13-7-17)26(19-10-4-16(2)5-11-19)21-14-8-18(9-15-21)22(23,24)25/h1,4-15H,2H3. The first-order valence-electron chi connectivity index (χ1n) is 7.99. The molecule has 0 spiro atoms. The molecule has 0 aliphatic rings. The van der Waals surface area contributed by atoms with E-state index in [9.17, 15) is 13.2 Å². The van der Waals surface area contributed by atoms with E-state index < -0.39 is 11.7 Å². The van der Waals surface area contributed by atoms with Gasteiger partial charge in [0.25, 0.3) is 0 Å². The van der Waals surface area contributed by atoms with Gasteiger partial charge in [-0.2, -0.15) is 13.2 Å². The third-order valence-corrected chi connectivity index (χ3v) is 4.04. The van der Waals surface area contributed by atoms with Crippen molar-refractivity contribution < 1.29 is 13.2 Å². The van der Waals surface area contributed by atoms with Crippen molar-refractivity contribution in [1.82, 2.24) is 0 Å². The molecule has 4 heteroatoms. The predicted octanol–water partition coefficient (Wildman–Crippen LogP) is 6.46. The summed E-state index contributed by atoms with van der Waals surface area (Å²) in [5, 5.41) is 0. The summed E-state index contributed by atoms with van der Waals surface area (Å²) in [6.07, 6.45) is 1.04. The number of nitrogens with zero attached hydrogens (tertiary/aromatic N) is 1. The summed E-state index contributed by atoms with van der Waals surface area (Å²) in [6.45, 7) is 1.98. The highest BCUT2D eigenvalue weighted by molar-refractivity contribution is 5.76. The minimum atomic E-state index is -4.36. The van der Waals surface area contributed by atoms with E-state index in [0.717, 1.165) is 34.6 Å². The van der Waals surface area contributed by atoms with Crippen molar-refractivity contribution in [3.63, 3.8) is 0 Å². The molecule has 0 N–H and O–H groups in total. The van der Waals surface area contributed by atoms with Crippen LogP contribution in [0.4, 0.5) is 30.2 Å². The number of anilines is 3. The maximum Gasteiger partial charge on any atom is 0.416 e. The summed E-state index contributed by atoms with van der Waals surface area (Å²) in [5.41, 5.74) is 3.47. The van der Waals surface area contributed by atoms with Crippen molar-refractivity contribution in [1.29, 1.82) is 0 Å². The summed E-state index contributed by atoms with van der Waals surface area (Å²) in [6, 6.07) is 20.2. The van der Waals surface area contributed by atoms with Gasteiger partial charge in [0.05, 0.1) is 5.56 Å². The minimum absolute atomic E-state index is 0.635. The van der Waals surface area contributed by atoms with Crippen LogP contribution in [0.15, 0.2) is 72.8 Å². The number of benzene rings is 3. The number of terminal acetylenes is 1. The van der Waals surface area contributed by atoms with Crippen LogP contribution in [0, 0.1) is 19.3 Å². The SMILES string of the molecule is C#Cc1ccc(N(c2ccc(C)cc2)c2ccc(C(F)(F)F)cc2)cc1. The molecular weight excluding hydrogens is 335 g/mol. The Morgan fingerprint density at radius 3 is 1.58 bits per heavy atom. The van der Waals surface area contributed by atoms with Crippen LogP contribution in [0.3, 0.4) is 0 Å². The minimum Gasteiger partial charge on any atom is -0.311 e. The lowest BCUT2D eigenvalue weighted by Crippen LogP contribution is -2.11. The maximum atomic E-state index is 12.9. The van der Waals surface area contributed by atoms with Crippen LogP contribution in [-0.2, 0) is 6.18 Å². The second kappa shape index (κ2) is 6.97. The Labute approximate surface area is 150 Å². The molecule has 0 saturated carbocycles. The van der Waals surface area contributed by atoms with Crippen molar-refractivity contribution in [3.8, 4) is 12.3 Å². The van der Waals surface area contributed by atoms with E-state index in [0.29, 0.717) is 5.69 Å². The van der Waals surface area contributed by atoms with Crippen molar-refractivity contribution in [2.75, 3.05) is 4.90 Å². The molecule has 0 bridgehead atoms. The lowest BCUT2D eigenvalue weighted by atomic mass is 10.1. The lowest BCUT2D eigenvalue weighted by Gasteiger charge is -2.26. The molecular formula is C22H16F3N. The fraction of sp³-hybridized carbons (Fsp3) is 0.0909. The van der Waals surface area contributed by atoms with Gasteiger partial charge in [0, 0.05) is 22.6 Å². The smallest absolute Gasteiger partial charge is 0.311 e. The second-order valence-electron chi connectivity index (χ2n) is 5.91. The largest absolute Gasteiger partial charge is 0.416 e. The van der Waals surface area contributed by atoms with Gasteiger partial charge in [-0.15, -0.1) is 6.42 Å². The zero-order valence-electron chi connectivity index (χ0n) is 14.1. The Morgan fingerprint density at radius 2 is 1.15 bits per heavy atom. The molecule has 0 radical (unpaired) electrons. The van der Waals surface area contributed by atoms with Gasteiger partial charge in [-0.3, -0.25) is 0 Å². The molecule has 0 aromatic heterocycles. The van der Waals surface area contributed by atoms with Crippen LogP contribution in [0.25, 0.3) is 0 Å². The van der Waals surface area contributed by atoms with Crippen molar-refractivity contribution in [2.45, 2.75) is 13.1 Å². The highest BCUT2D eigenvalue weighted by Crippen LogP contribution is 2.36. The topological polar surface area (TPSA) is 3.24 Å². The fourth-order valence-electron chi connectivity index (χ4n) is 2.65. The third-order valence-electron chi connectivity index (χ3n) is 4.04. The quantitative estimate of drug-likeness (QED) is 0.489. The van der Waals surface area contributed by atoms with Gasteiger partial charge in [0.15, 0.2) is 0 Å². The molecule has 0 unspecified atom stereocenters. The molecule has 0 atom stereocenters. The molecule has 3 aromatic carbocycles. The Balaban J connectivity index is 2.08. The van der Waals surface area contributed by atoms with Crippen LogP contribution >= 0.6 is 0 Å². The number of hydrogen-bond acceptors (Lipinski definition) is 1. The number of aryl methyl sites for hydroxylation is 1. The molecule has 1 nitrogen and oxygen atoms in total. The Kier molecular flexibility index (Phi) is 4.73. The van der Waals surface area contributed by atoms with Crippen LogP contribution in [-0.4, -0.2) is 0 Å². The molecule has 130 valence electrons. The molecule has 0 amide bonds. The van der Waals surface area contributed by atoms with Crippen molar-refractivity contribution in [3.05, 3.63) is 89.5 Å². The van der Waals surface area contributed by atoms with Gasteiger partial charge >= 0.3 is 6.18 Å². The van der Waals surface area contributed by atoms with E-state index in [2.05, 4.69) is 5.92 Å². The van der Waals surface area contributed by atoms with Crippen LogP contribution < -0.4 is 4.90 Å². The first-order chi connectivity index (χ1) is 12.4. The van der Waals surface area contributed by atoms with Crippen LogP contribution in [0.1, 0.15) is 16.7 Å². The molecule has 26 heavy (non-hydrogen) atoms. The van der Waals surface area contributed by atoms with Gasteiger partial charge in [0.2, 0.25) is 0 Å². The van der Waals surface area contributed by atoms with E-state index >= 15 is 0 Å². The highest BCUT2D eigenvalue weighted by atomic mass is 19.4. The maximum absolute atomic E-state index is 12.9. The van der Waals surface area contributed by atoms with Gasteiger partial charge in [-0.05, 0) is 67.6 Å². The first kappa shape index (κ1) is 17.6. The van der Waals surface area contributed by atoms with Crippen LogP contribution in [0.5, 0.6) is 0 Å². The molecule has 0 aliphatic heterocycles. The Morgan fingerprint density at radius 1 is 0.731 bits per heavy atom. The zero-order chi connectivity index (χ0) is 18.7. The average Bonchev–Trinajstić information content (AvgIpc) is 2.64. The molecule has 0 aliphatic carbocycles. The number of rotatable bonds is 3. The van der Waals surface area contributed by atoms with E-state index in [4.69, 9.17) is 6.42 Å². The summed E-state index contributed by atoms with van der Waals surface area (Å²) in [4.78, 5) is 1.89. The van der Waals surface area contributed by atoms with E-state index in [-0.39, 0.29) is 0 Å². The fourth-order valence-corrected chi connectivity index (χ4v) is 2.65. The monoisotopic (exact) mass is 351 g/mol. The lowest BCUT2D eigenvalue weighted by molar-refractivity contribution is -0.137. The normalized spacial score (nSPS) is 11.0. The average molecular weight is 351 g/mol. The summed E-state index contributed by atoms with van der Waals surface area (Å²) in [5.74, 6) is 2.56. The number of hydrogen-bond donors (Lipinski definition) is 0. The van der Waals surface area contributed by atoms with E-state index in [1.165, 1.54) is 12.1 Å². The summed E-state index contributed by atoms with van der Waals surface area (Å²) < 4.78 is 38.6. The number of alkyl halides is 3. The zero-order valence-corrected chi connectivity index (χ0v) is 14.1. The predicted molar refractivity (Wildman–Crippen MR) is 98.8 cm³/mol. The van der Waals surface area contributed by atoms with Gasteiger partial charge in [-0.1, -0.05) is 23.6 Å². The highest BCUT2D eigenvalue weighted by Gasteiger charge is 2.30. The molecule has 0 heterocycles. The molecule has 3 aromatic rings. The Bertz CT molecular complexity index is 916. The van der Waals surface area contributed by atoms with Crippen LogP contribution in [0.2, 0.25) is 0 Å². The third kappa shape index (κ3) is 3.73. The first-order valence-corrected chi connectivity index (χ1v) is 7.99. The van der Waals surface area contributed by atoms with Gasteiger partial charge in [0.1, 0.15) is 0 Å². The number of halogens is 3. The van der Waals surface area contributed by atoms with E-state index in [1.807, 2.05) is 48.2 Å². The molecule has 0 saturated heterocycles. The second-order valence-corrected chi connectivity index (χ2v) is 5.91.